The molecule has 0 bridgehead atoms. The molecule has 1 aromatic heterocycles. The average molecular weight is 419 g/mol. The zero-order valence-corrected chi connectivity index (χ0v) is 17.5. The number of nitrogens with zero attached hydrogens (tertiary/aromatic N) is 3. The molecule has 0 radical (unpaired) electrons. The lowest BCUT2D eigenvalue weighted by Gasteiger charge is -2.17. The highest BCUT2D eigenvalue weighted by molar-refractivity contribution is 6.32. The molecule has 3 aromatic rings. The highest BCUT2D eigenvalue weighted by atomic mass is 35.5. The Balaban J connectivity index is 1.21. The van der Waals surface area contributed by atoms with Gasteiger partial charge < -0.3 is 14.8 Å². The van der Waals surface area contributed by atoms with Gasteiger partial charge in [0.1, 0.15) is 0 Å². The number of halogens is 1. The standard InChI is InChI=1S/C24H23ClN4O/c25-21-12-22-20(11-24(30)27-22)10-19(21)4-7-28-6-3-17(14-28)15-29-8-5-18-2-1-16(13-26)9-23(18)29/h1-2,5,8-10,12,17H,3-4,6-7,11,14-15H2,(H,27,30). The molecule has 6 heteroatoms. The molecule has 1 unspecified atom stereocenters. The van der Waals surface area contributed by atoms with Gasteiger partial charge in [0.2, 0.25) is 5.91 Å². The molecule has 152 valence electrons. The molecule has 2 aliphatic rings. The van der Waals surface area contributed by atoms with Crippen LogP contribution in [0.4, 0.5) is 5.69 Å². The van der Waals surface area contributed by atoms with Crippen LogP contribution in [0.15, 0.2) is 42.6 Å². The molecule has 1 N–H and O–H groups in total. The van der Waals surface area contributed by atoms with E-state index >= 15 is 0 Å². The minimum absolute atomic E-state index is 0.0417. The van der Waals surface area contributed by atoms with Crippen LogP contribution < -0.4 is 5.32 Å². The highest BCUT2D eigenvalue weighted by Crippen LogP contribution is 2.30. The predicted molar refractivity (Wildman–Crippen MR) is 119 cm³/mol. The second kappa shape index (κ2) is 7.79. The number of carbonyl (C=O) groups excluding carboxylic acids is 1. The van der Waals surface area contributed by atoms with E-state index in [9.17, 15) is 10.1 Å². The minimum atomic E-state index is 0.0417. The number of benzene rings is 2. The van der Waals surface area contributed by atoms with E-state index in [-0.39, 0.29) is 5.91 Å². The van der Waals surface area contributed by atoms with Crippen molar-refractivity contribution in [1.29, 1.82) is 5.26 Å². The van der Waals surface area contributed by atoms with Gasteiger partial charge in [0, 0.05) is 42.1 Å². The topological polar surface area (TPSA) is 61.1 Å². The first-order valence-corrected chi connectivity index (χ1v) is 10.8. The fourth-order valence-electron chi connectivity index (χ4n) is 4.73. The largest absolute Gasteiger partial charge is 0.347 e. The van der Waals surface area contributed by atoms with Gasteiger partial charge in [0.25, 0.3) is 0 Å². The van der Waals surface area contributed by atoms with Crippen LogP contribution in [0.25, 0.3) is 10.9 Å². The molecular formula is C24H23ClN4O. The fraction of sp³-hybridized carbons (Fsp3) is 0.333. The molecule has 1 fully saturated rings. The molecule has 30 heavy (non-hydrogen) atoms. The number of nitriles is 1. The number of aromatic nitrogens is 1. The van der Waals surface area contributed by atoms with E-state index in [1.165, 1.54) is 11.8 Å². The van der Waals surface area contributed by atoms with Gasteiger partial charge in [-0.2, -0.15) is 5.26 Å². The number of amides is 1. The Hall–Kier alpha value is -2.81. The highest BCUT2D eigenvalue weighted by Gasteiger charge is 2.24. The van der Waals surface area contributed by atoms with E-state index in [4.69, 9.17) is 11.6 Å². The Morgan fingerprint density at radius 1 is 1.23 bits per heavy atom. The van der Waals surface area contributed by atoms with Gasteiger partial charge in [0.15, 0.2) is 0 Å². The summed E-state index contributed by atoms with van der Waals surface area (Å²) in [4.78, 5) is 14.1. The normalized spacial score (nSPS) is 18.5. The van der Waals surface area contributed by atoms with Crippen molar-refractivity contribution in [3.63, 3.8) is 0 Å². The van der Waals surface area contributed by atoms with Crippen molar-refractivity contribution in [2.45, 2.75) is 25.8 Å². The summed E-state index contributed by atoms with van der Waals surface area (Å²) in [5.74, 6) is 0.642. The second-order valence-electron chi connectivity index (χ2n) is 8.38. The van der Waals surface area contributed by atoms with Gasteiger partial charge in [-0.1, -0.05) is 23.7 Å². The summed E-state index contributed by atoms with van der Waals surface area (Å²) in [5.41, 5.74) is 4.87. The van der Waals surface area contributed by atoms with E-state index in [1.807, 2.05) is 24.3 Å². The Morgan fingerprint density at radius 3 is 3.00 bits per heavy atom. The molecule has 2 aromatic carbocycles. The lowest BCUT2D eigenvalue weighted by Crippen LogP contribution is -2.24. The molecular weight excluding hydrogens is 396 g/mol. The smallest absolute Gasteiger partial charge is 0.228 e. The Labute approximate surface area is 180 Å². The number of likely N-dealkylation sites (tertiary alicyclic amines) is 1. The first-order chi connectivity index (χ1) is 14.6. The Morgan fingerprint density at radius 2 is 2.13 bits per heavy atom. The van der Waals surface area contributed by atoms with Crippen LogP contribution in [0.3, 0.4) is 0 Å². The van der Waals surface area contributed by atoms with Gasteiger partial charge in [0.05, 0.1) is 18.1 Å². The van der Waals surface area contributed by atoms with Gasteiger partial charge in [-0.05, 0) is 66.1 Å². The summed E-state index contributed by atoms with van der Waals surface area (Å²) in [6.07, 6.45) is 4.65. The lowest BCUT2D eigenvalue weighted by molar-refractivity contribution is -0.115. The van der Waals surface area contributed by atoms with Crippen LogP contribution in [-0.2, 0) is 24.2 Å². The maximum absolute atomic E-state index is 11.6. The molecule has 1 saturated heterocycles. The van der Waals surface area contributed by atoms with E-state index in [1.54, 1.807) is 0 Å². The molecule has 5 nitrogen and oxygen atoms in total. The minimum Gasteiger partial charge on any atom is -0.347 e. The van der Waals surface area contributed by atoms with Crippen molar-refractivity contribution in [2.75, 3.05) is 25.0 Å². The molecule has 0 aliphatic carbocycles. The van der Waals surface area contributed by atoms with E-state index in [2.05, 4.69) is 39.2 Å². The van der Waals surface area contributed by atoms with Gasteiger partial charge in [-0.25, -0.2) is 0 Å². The van der Waals surface area contributed by atoms with Crippen molar-refractivity contribution in [3.8, 4) is 6.07 Å². The lowest BCUT2D eigenvalue weighted by atomic mass is 10.1. The molecule has 0 spiro atoms. The number of anilines is 1. The summed E-state index contributed by atoms with van der Waals surface area (Å²) >= 11 is 6.45. The zero-order chi connectivity index (χ0) is 20.7. The maximum atomic E-state index is 11.6. The summed E-state index contributed by atoms with van der Waals surface area (Å²) in [6, 6.07) is 14.2. The van der Waals surface area contributed by atoms with E-state index in [0.29, 0.717) is 17.9 Å². The number of hydrogen-bond donors (Lipinski definition) is 1. The van der Waals surface area contributed by atoms with Crippen molar-refractivity contribution in [1.82, 2.24) is 9.47 Å². The van der Waals surface area contributed by atoms with E-state index in [0.717, 1.165) is 60.0 Å². The van der Waals surface area contributed by atoms with Gasteiger partial charge in [-0.15, -0.1) is 0 Å². The van der Waals surface area contributed by atoms with Crippen molar-refractivity contribution >= 4 is 34.1 Å². The zero-order valence-electron chi connectivity index (χ0n) is 16.7. The second-order valence-corrected chi connectivity index (χ2v) is 8.79. The van der Waals surface area contributed by atoms with Crippen LogP contribution in [0.2, 0.25) is 5.02 Å². The molecule has 5 rings (SSSR count). The van der Waals surface area contributed by atoms with Crippen LogP contribution >= 0.6 is 11.6 Å². The van der Waals surface area contributed by atoms with Gasteiger partial charge >= 0.3 is 0 Å². The monoisotopic (exact) mass is 418 g/mol. The molecule has 1 atom stereocenters. The van der Waals surface area contributed by atoms with Crippen molar-refractivity contribution < 1.29 is 4.79 Å². The summed E-state index contributed by atoms with van der Waals surface area (Å²) < 4.78 is 2.28. The summed E-state index contributed by atoms with van der Waals surface area (Å²) in [5, 5.41) is 14.0. The van der Waals surface area contributed by atoms with E-state index < -0.39 is 0 Å². The number of nitrogens with one attached hydrogen (secondary N) is 1. The number of rotatable bonds is 5. The SMILES string of the molecule is N#Cc1ccc2ccn(CC3CCN(CCc4cc5c(cc4Cl)NC(=O)C5)C3)c2c1. The number of hydrogen-bond acceptors (Lipinski definition) is 3. The van der Waals surface area contributed by atoms with Crippen LogP contribution in [0.1, 0.15) is 23.1 Å². The molecule has 3 heterocycles. The molecule has 0 saturated carbocycles. The van der Waals surface area contributed by atoms with Gasteiger partial charge in [-0.3, -0.25) is 4.79 Å². The summed E-state index contributed by atoms with van der Waals surface area (Å²) in [6.45, 7) is 4.11. The quantitative estimate of drug-likeness (QED) is 0.674. The first kappa shape index (κ1) is 19.2. The third-order valence-corrected chi connectivity index (χ3v) is 6.67. The van der Waals surface area contributed by atoms with Crippen LogP contribution in [0.5, 0.6) is 0 Å². The van der Waals surface area contributed by atoms with Crippen molar-refractivity contribution in [2.24, 2.45) is 5.92 Å². The summed E-state index contributed by atoms with van der Waals surface area (Å²) in [7, 11) is 0. The molecule has 1 amide bonds. The van der Waals surface area contributed by atoms with Crippen molar-refractivity contribution in [3.05, 3.63) is 64.3 Å². The average Bonchev–Trinajstić information content (AvgIpc) is 3.44. The predicted octanol–water partition coefficient (Wildman–Crippen LogP) is 4.23. The molecule has 2 aliphatic heterocycles. The Bertz CT molecular complexity index is 1180. The third-order valence-electron chi connectivity index (χ3n) is 6.32. The van der Waals surface area contributed by atoms with Crippen LogP contribution in [-0.4, -0.2) is 35.0 Å². The fourth-order valence-corrected chi connectivity index (χ4v) is 4.98. The number of carbonyl (C=O) groups is 1. The number of fused-ring (bicyclic) bond motifs is 2. The van der Waals surface area contributed by atoms with Crippen LogP contribution in [0, 0.1) is 17.2 Å². The Kier molecular flexibility index (Phi) is 4.98. The first-order valence-electron chi connectivity index (χ1n) is 10.4. The maximum Gasteiger partial charge on any atom is 0.228 e. The third kappa shape index (κ3) is 3.69.